The molecular weight excluding hydrogens is 186 g/mol. The van der Waals surface area contributed by atoms with Crippen LogP contribution in [0.2, 0.25) is 0 Å². The molecule has 0 amide bonds. The van der Waals surface area contributed by atoms with Gasteiger partial charge < -0.3 is 10.1 Å². The molecule has 0 aliphatic carbocycles. The average molecular weight is 211 g/mol. The zero-order valence-corrected chi connectivity index (χ0v) is 10.2. The van der Waals surface area contributed by atoms with Gasteiger partial charge >= 0.3 is 0 Å². The van der Waals surface area contributed by atoms with Crippen molar-refractivity contribution in [3.63, 3.8) is 0 Å². The first-order valence-corrected chi connectivity index (χ1v) is 6.29. The normalized spacial score (nSPS) is 23.7. The van der Waals surface area contributed by atoms with Crippen molar-refractivity contribution in [1.82, 2.24) is 5.32 Å². The Labute approximate surface area is 94.1 Å². The molecule has 0 aromatic heterocycles. The Morgan fingerprint density at radius 3 is 2.80 bits per heavy atom. The lowest BCUT2D eigenvalue weighted by molar-refractivity contribution is -0.00716. The molecule has 2 atom stereocenters. The number of hydrogen-bond donors (Lipinski definition) is 1. The Kier molecular flexibility index (Phi) is 5.96. The molecule has 1 saturated heterocycles. The van der Waals surface area contributed by atoms with E-state index in [9.17, 15) is 0 Å². The Balaban J connectivity index is 2.43. The fraction of sp³-hybridized carbons (Fsp3) is 0.846. The Morgan fingerprint density at radius 2 is 2.27 bits per heavy atom. The first-order chi connectivity index (χ1) is 7.27. The van der Waals surface area contributed by atoms with Crippen LogP contribution in [0.3, 0.4) is 0 Å². The summed E-state index contributed by atoms with van der Waals surface area (Å²) in [6, 6.07) is 0.475. The molecule has 1 fully saturated rings. The van der Waals surface area contributed by atoms with Crippen molar-refractivity contribution in [3.05, 3.63) is 12.2 Å². The Hall–Kier alpha value is -0.340. The van der Waals surface area contributed by atoms with Crippen molar-refractivity contribution < 1.29 is 4.74 Å². The van der Waals surface area contributed by atoms with E-state index in [1.807, 2.05) is 0 Å². The van der Waals surface area contributed by atoms with Gasteiger partial charge in [0.15, 0.2) is 0 Å². The highest BCUT2D eigenvalue weighted by atomic mass is 16.5. The summed E-state index contributed by atoms with van der Waals surface area (Å²) in [5.74, 6) is 0. The van der Waals surface area contributed by atoms with Crippen molar-refractivity contribution in [2.75, 3.05) is 13.2 Å². The van der Waals surface area contributed by atoms with Crippen molar-refractivity contribution in [2.45, 2.75) is 58.1 Å². The summed E-state index contributed by atoms with van der Waals surface area (Å²) in [7, 11) is 0. The highest BCUT2D eigenvalue weighted by Crippen LogP contribution is 2.20. The molecule has 2 nitrogen and oxygen atoms in total. The summed E-state index contributed by atoms with van der Waals surface area (Å²) < 4.78 is 5.83. The van der Waals surface area contributed by atoms with Gasteiger partial charge in [-0.15, -0.1) is 0 Å². The van der Waals surface area contributed by atoms with Crippen LogP contribution in [0, 0.1) is 0 Å². The third kappa shape index (κ3) is 4.35. The second-order valence-electron chi connectivity index (χ2n) is 4.38. The smallest absolute Gasteiger partial charge is 0.0731 e. The number of hydrogen-bond acceptors (Lipinski definition) is 2. The fourth-order valence-corrected chi connectivity index (χ4v) is 2.14. The highest BCUT2D eigenvalue weighted by molar-refractivity contribution is 4.98. The molecule has 1 rings (SSSR count). The molecule has 0 bridgehead atoms. The van der Waals surface area contributed by atoms with Gasteiger partial charge in [-0.05, 0) is 38.6 Å². The van der Waals surface area contributed by atoms with Gasteiger partial charge in [0.25, 0.3) is 0 Å². The van der Waals surface area contributed by atoms with E-state index in [-0.39, 0.29) is 0 Å². The molecule has 0 spiro atoms. The maximum atomic E-state index is 5.83. The minimum Gasteiger partial charge on any atom is -0.377 e. The molecule has 88 valence electrons. The van der Waals surface area contributed by atoms with Gasteiger partial charge in [0, 0.05) is 12.6 Å². The molecule has 2 heteroatoms. The summed E-state index contributed by atoms with van der Waals surface area (Å²) in [5.41, 5.74) is 1.33. The van der Waals surface area contributed by atoms with E-state index in [1.165, 1.54) is 24.8 Å². The van der Waals surface area contributed by atoms with Crippen LogP contribution in [0.4, 0.5) is 0 Å². The SMILES string of the molecule is C=C(CC)CC(NCC)C1CCCCO1. The van der Waals surface area contributed by atoms with E-state index in [0.29, 0.717) is 12.1 Å². The molecule has 0 saturated carbocycles. The minimum atomic E-state index is 0.405. The van der Waals surface area contributed by atoms with Gasteiger partial charge in [-0.1, -0.05) is 26.0 Å². The first kappa shape index (κ1) is 12.7. The topological polar surface area (TPSA) is 21.3 Å². The molecule has 0 radical (unpaired) electrons. The van der Waals surface area contributed by atoms with Crippen LogP contribution in [-0.2, 0) is 4.74 Å². The number of rotatable bonds is 6. The van der Waals surface area contributed by atoms with Gasteiger partial charge in [0.05, 0.1) is 6.10 Å². The molecule has 15 heavy (non-hydrogen) atoms. The summed E-state index contributed by atoms with van der Waals surface area (Å²) in [6.45, 7) is 10.4. The van der Waals surface area contributed by atoms with Crippen LogP contribution in [0.15, 0.2) is 12.2 Å². The quantitative estimate of drug-likeness (QED) is 0.682. The second kappa shape index (κ2) is 7.02. The lowest BCUT2D eigenvalue weighted by Gasteiger charge is -2.31. The van der Waals surface area contributed by atoms with Crippen LogP contribution >= 0.6 is 0 Å². The largest absolute Gasteiger partial charge is 0.377 e. The molecule has 1 aliphatic heterocycles. The zero-order chi connectivity index (χ0) is 11.1. The predicted molar refractivity (Wildman–Crippen MR) is 65.1 cm³/mol. The summed E-state index contributed by atoms with van der Waals surface area (Å²) in [4.78, 5) is 0. The van der Waals surface area contributed by atoms with E-state index < -0.39 is 0 Å². The van der Waals surface area contributed by atoms with Gasteiger partial charge in [0.2, 0.25) is 0 Å². The molecule has 0 aromatic carbocycles. The number of likely N-dealkylation sites (N-methyl/N-ethyl adjacent to an activating group) is 1. The lowest BCUT2D eigenvalue weighted by atomic mass is 9.95. The van der Waals surface area contributed by atoms with Gasteiger partial charge in [-0.3, -0.25) is 0 Å². The maximum absolute atomic E-state index is 5.83. The number of ether oxygens (including phenoxy) is 1. The lowest BCUT2D eigenvalue weighted by Crippen LogP contribution is -2.43. The molecule has 1 aliphatic rings. The van der Waals surface area contributed by atoms with Crippen LogP contribution in [0.5, 0.6) is 0 Å². The van der Waals surface area contributed by atoms with Crippen LogP contribution in [0.1, 0.15) is 46.0 Å². The molecule has 0 aromatic rings. The Morgan fingerprint density at radius 1 is 1.47 bits per heavy atom. The van der Waals surface area contributed by atoms with Gasteiger partial charge in [-0.25, -0.2) is 0 Å². The van der Waals surface area contributed by atoms with Gasteiger partial charge in [0.1, 0.15) is 0 Å². The van der Waals surface area contributed by atoms with Crippen LogP contribution in [0.25, 0.3) is 0 Å². The summed E-state index contributed by atoms with van der Waals surface area (Å²) in [6.07, 6.45) is 6.29. The molecule has 1 heterocycles. The fourth-order valence-electron chi connectivity index (χ4n) is 2.14. The van der Waals surface area contributed by atoms with E-state index in [1.54, 1.807) is 0 Å². The third-order valence-corrected chi connectivity index (χ3v) is 3.14. The maximum Gasteiger partial charge on any atom is 0.0731 e. The van der Waals surface area contributed by atoms with Gasteiger partial charge in [-0.2, -0.15) is 0 Å². The van der Waals surface area contributed by atoms with Crippen molar-refractivity contribution in [1.29, 1.82) is 0 Å². The monoisotopic (exact) mass is 211 g/mol. The standard InChI is InChI=1S/C13H25NO/c1-4-11(3)10-12(14-5-2)13-8-6-7-9-15-13/h12-14H,3-10H2,1-2H3. The van der Waals surface area contributed by atoms with E-state index in [4.69, 9.17) is 4.74 Å². The third-order valence-electron chi connectivity index (χ3n) is 3.14. The second-order valence-corrected chi connectivity index (χ2v) is 4.38. The summed E-state index contributed by atoms with van der Waals surface area (Å²) >= 11 is 0. The van der Waals surface area contributed by atoms with Crippen molar-refractivity contribution >= 4 is 0 Å². The van der Waals surface area contributed by atoms with E-state index in [0.717, 1.165) is 26.0 Å². The van der Waals surface area contributed by atoms with Crippen molar-refractivity contribution in [3.8, 4) is 0 Å². The van der Waals surface area contributed by atoms with E-state index in [2.05, 4.69) is 25.7 Å². The molecule has 2 unspecified atom stereocenters. The van der Waals surface area contributed by atoms with Crippen LogP contribution in [-0.4, -0.2) is 25.3 Å². The summed E-state index contributed by atoms with van der Waals surface area (Å²) in [5, 5.41) is 3.53. The predicted octanol–water partition coefficient (Wildman–Crippen LogP) is 2.89. The highest BCUT2D eigenvalue weighted by Gasteiger charge is 2.23. The van der Waals surface area contributed by atoms with Crippen molar-refractivity contribution in [2.24, 2.45) is 0 Å². The Bertz CT molecular complexity index is 185. The number of nitrogens with one attached hydrogen (secondary N) is 1. The molecular formula is C13H25NO. The van der Waals surface area contributed by atoms with Crippen LogP contribution < -0.4 is 5.32 Å². The zero-order valence-electron chi connectivity index (χ0n) is 10.2. The van der Waals surface area contributed by atoms with E-state index >= 15 is 0 Å². The molecule has 1 N–H and O–H groups in total. The average Bonchev–Trinajstić information content (AvgIpc) is 2.29. The first-order valence-electron chi connectivity index (χ1n) is 6.29. The minimum absolute atomic E-state index is 0.405.